The van der Waals surface area contributed by atoms with Crippen molar-refractivity contribution in [3.8, 4) is 0 Å². The number of aromatic nitrogens is 3. The molecule has 1 fully saturated rings. The Balaban J connectivity index is 1.61. The molecule has 0 aliphatic carbocycles. The van der Waals surface area contributed by atoms with Gasteiger partial charge in [0, 0.05) is 23.5 Å². The summed E-state index contributed by atoms with van der Waals surface area (Å²) in [6.07, 6.45) is 0.305. The van der Waals surface area contributed by atoms with E-state index in [1.165, 1.54) is 11.8 Å². The van der Waals surface area contributed by atoms with Gasteiger partial charge in [0.15, 0.2) is 11.5 Å². The minimum Gasteiger partial charge on any atom is -0.390 e. The first-order valence-electron chi connectivity index (χ1n) is 7.93. The summed E-state index contributed by atoms with van der Waals surface area (Å²) in [7, 11) is 0. The summed E-state index contributed by atoms with van der Waals surface area (Å²) in [6, 6.07) is 11.5. The molecule has 0 saturated carbocycles. The highest BCUT2D eigenvalue weighted by molar-refractivity contribution is 7.99. The van der Waals surface area contributed by atoms with Crippen LogP contribution in [0.2, 0.25) is 5.02 Å². The van der Waals surface area contributed by atoms with Crippen LogP contribution < -0.4 is 5.32 Å². The van der Waals surface area contributed by atoms with E-state index >= 15 is 0 Å². The van der Waals surface area contributed by atoms with Gasteiger partial charge in [-0.15, -0.1) is 22.0 Å². The number of pyridine rings is 1. The molecule has 8 heteroatoms. The standard InChI is InChI=1S/C17H17ClN4O2S/c18-11-4-1-3-10(7-11)8-19-12-5-2-6-22-16(12)20-21-17(22)15-14(24)13(23)9-25-15/h1-7,13-15,19,23-24H,8-9H2/t13-,14-,15-/m1/s1. The first-order chi connectivity index (χ1) is 12.1. The number of hydrogen-bond donors (Lipinski definition) is 3. The van der Waals surface area contributed by atoms with Crippen molar-refractivity contribution in [1.29, 1.82) is 0 Å². The first-order valence-corrected chi connectivity index (χ1v) is 9.36. The second-order valence-electron chi connectivity index (χ2n) is 5.97. The predicted octanol–water partition coefficient (Wildman–Crippen LogP) is 2.50. The number of thioether (sulfide) groups is 1. The largest absolute Gasteiger partial charge is 0.390 e. The van der Waals surface area contributed by atoms with Gasteiger partial charge in [0.05, 0.1) is 23.1 Å². The van der Waals surface area contributed by atoms with E-state index in [4.69, 9.17) is 11.6 Å². The topological polar surface area (TPSA) is 82.7 Å². The summed E-state index contributed by atoms with van der Waals surface area (Å²) in [5, 5.41) is 32.2. The van der Waals surface area contributed by atoms with Gasteiger partial charge in [-0.05, 0) is 29.8 Å². The molecule has 2 aromatic heterocycles. The average Bonchev–Trinajstić information content (AvgIpc) is 3.17. The molecule has 1 aliphatic rings. The van der Waals surface area contributed by atoms with Crippen molar-refractivity contribution in [2.75, 3.05) is 11.1 Å². The maximum Gasteiger partial charge on any atom is 0.184 e. The third kappa shape index (κ3) is 3.20. The third-order valence-electron chi connectivity index (χ3n) is 4.24. The highest BCUT2D eigenvalue weighted by Crippen LogP contribution is 2.39. The minimum atomic E-state index is -0.833. The molecule has 3 aromatic rings. The smallest absolute Gasteiger partial charge is 0.184 e. The molecule has 6 nitrogen and oxygen atoms in total. The van der Waals surface area contributed by atoms with E-state index in [9.17, 15) is 10.2 Å². The van der Waals surface area contributed by atoms with Gasteiger partial charge in [-0.1, -0.05) is 23.7 Å². The molecule has 0 radical (unpaired) electrons. The van der Waals surface area contributed by atoms with Gasteiger partial charge in [-0.25, -0.2) is 0 Å². The molecule has 25 heavy (non-hydrogen) atoms. The Bertz CT molecular complexity index is 903. The van der Waals surface area contributed by atoms with Gasteiger partial charge >= 0.3 is 0 Å². The molecule has 1 aromatic carbocycles. The monoisotopic (exact) mass is 376 g/mol. The summed E-state index contributed by atoms with van der Waals surface area (Å²) >= 11 is 7.51. The fourth-order valence-electron chi connectivity index (χ4n) is 2.94. The van der Waals surface area contributed by atoms with Crippen LogP contribution in [0.5, 0.6) is 0 Å². The molecule has 0 unspecified atom stereocenters. The van der Waals surface area contributed by atoms with Crippen LogP contribution in [-0.4, -0.2) is 42.8 Å². The second-order valence-corrected chi connectivity index (χ2v) is 7.58. The molecule has 3 N–H and O–H groups in total. The van der Waals surface area contributed by atoms with E-state index in [0.29, 0.717) is 28.8 Å². The number of nitrogens with one attached hydrogen (secondary N) is 1. The van der Waals surface area contributed by atoms with Gasteiger partial charge in [0.25, 0.3) is 0 Å². The summed E-state index contributed by atoms with van der Waals surface area (Å²) in [6.45, 7) is 0.613. The van der Waals surface area contributed by atoms with Crippen molar-refractivity contribution in [2.45, 2.75) is 24.0 Å². The number of anilines is 1. The van der Waals surface area contributed by atoms with E-state index in [1.807, 2.05) is 47.0 Å². The zero-order valence-corrected chi connectivity index (χ0v) is 14.8. The Kier molecular flexibility index (Phi) is 4.56. The Morgan fingerprint density at radius 3 is 2.88 bits per heavy atom. The zero-order chi connectivity index (χ0) is 17.4. The Labute approximate surface area is 153 Å². The SMILES string of the molecule is O[C@@H]1[C@H](O)CS[C@H]1c1nnc2c(NCc3cccc(Cl)c3)cccn12. The van der Waals surface area contributed by atoms with Gasteiger partial charge in [0.1, 0.15) is 0 Å². The average molecular weight is 377 g/mol. The lowest BCUT2D eigenvalue weighted by Gasteiger charge is -2.14. The van der Waals surface area contributed by atoms with Crippen LogP contribution in [0.25, 0.3) is 5.65 Å². The number of hydrogen-bond acceptors (Lipinski definition) is 6. The fraction of sp³-hybridized carbons (Fsp3) is 0.294. The molecule has 0 bridgehead atoms. The van der Waals surface area contributed by atoms with Crippen LogP contribution in [0.3, 0.4) is 0 Å². The van der Waals surface area contributed by atoms with Crippen LogP contribution >= 0.6 is 23.4 Å². The first kappa shape index (κ1) is 16.7. The van der Waals surface area contributed by atoms with E-state index < -0.39 is 12.2 Å². The molecule has 3 heterocycles. The quantitative estimate of drug-likeness (QED) is 0.649. The number of nitrogens with zero attached hydrogens (tertiary/aromatic N) is 3. The molecule has 3 atom stereocenters. The maximum atomic E-state index is 10.2. The molecule has 1 saturated heterocycles. The molecule has 1 aliphatic heterocycles. The van der Waals surface area contributed by atoms with Gasteiger partial charge in [-0.2, -0.15) is 0 Å². The van der Waals surface area contributed by atoms with Crippen LogP contribution in [0, 0.1) is 0 Å². The van der Waals surface area contributed by atoms with Crippen LogP contribution in [0.15, 0.2) is 42.6 Å². The number of benzene rings is 1. The summed E-state index contributed by atoms with van der Waals surface area (Å²) in [5.41, 5.74) is 2.60. The summed E-state index contributed by atoms with van der Waals surface area (Å²) in [5.74, 6) is 1.14. The van der Waals surface area contributed by atoms with Gasteiger partial charge < -0.3 is 15.5 Å². The number of aliphatic hydroxyl groups is 2. The number of rotatable bonds is 4. The van der Waals surface area contributed by atoms with E-state index in [-0.39, 0.29) is 5.25 Å². The Morgan fingerprint density at radius 1 is 1.24 bits per heavy atom. The lowest BCUT2D eigenvalue weighted by Crippen LogP contribution is -2.25. The Hall–Kier alpha value is -1.80. The molecule has 0 spiro atoms. The van der Waals surface area contributed by atoms with Crippen LogP contribution in [-0.2, 0) is 6.54 Å². The normalized spacial score (nSPS) is 23.2. The predicted molar refractivity (Wildman–Crippen MR) is 99.0 cm³/mol. The number of aliphatic hydroxyl groups excluding tert-OH is 2. The molecule has 4 rings (SSSR count). The van der Waals surface area contributed by atoms with Crippen molar-refractivity contribution < 1.29 is 10.2 Å². The molecule has 0 amide bonds. The highest BCUT2D eigenvalue weighted by atomic mass is 35.5. The van der Waals surface area contributed by atoms with Crippen LogP contribution in [0.1, 0.15) is 16.6 Å². The van der Waals surface area contributed by atoms with Crippen LogP contribution in [0.4, 0.5) is 5.69 Å². The zero-order valence-electron chi connectivity index (χ0n) is 13.2. The molecular weight excluding hydrogens is 360 g/mol. The number of halogens is 1. The maximum absolute atomic E-state index is 10.2. The second kappa shape index (κ2) is 6.84. The van der Waals surface area contributed by atoms with Gasteiger partial charge in [-0.3, -0.25) is 4.40 Å². The van der Waals surface area contributed by atoms with Crippen molar-refractivity contribution in [3.05, 3.63) is 59.0 Å². The Morgan fingerprint density at radius 2 is 2.12 bits per heavy atom. The molecule has 130 valence electrons. The van der Waals surface area contributed by atoms with Crippen molar-refractivity contribution in [2.24, 2.45) is 0 Å². The van der Waals surface area contributed by atoms with Crippen molar-refractivity contribution >= 4 is 34.7 Å². The third-order valence-corrected chi connectivity index (χ3v) is 5.86. The van der Waals surface area contributed by atoms with Crippen molar-refractivity contribution in [3.63, 3.8) is 0 Å². The van der Waals surface area contributed by atoms with E-state index in [0.717, 1.165) is 11.3 Å². The lowest BCUT2D eigenvalue weighted by atomic mass is 10.1. The molecular formula is C17H17ClN4O2S. The van der Waals surface area contributed by atoms with E-state index in [1.54, 1.807) is 0 Å². The van der Waals surface area contributed by atoms with Crippen molar-refractivity contribution in [1.82, 2.24) is 14.6 Å². The lowest BCUT2D eigenvalue weighted by molar-refractivity contribution is 0.0404. The number of fused-ring (bicyclic) bond motifs is 1. The summed E-state index contributed by atoms with van der Waals surface area (Å²) < 4.78 is 1.86. The fourth-order valence-corrected chi connectivity index (χ4v) is 4.44. The highest BCUT2D eigenvalue weighted by Gasteiger charge is 2.38. The van der Waals surface area contributed by atoms with Gasteiger partial charge in [0.2, 0.25) is 0 Å². The van der Waals surface area contributed by atoms with E-state index in [2.05, 4.69) is 15.5 Å². The minimum absolute atomic E-state index is 0.284. The summed E-state index contributed by atoms with van der Waals surface area (Å²) in [4.78, 5) is 0.